The van der Waals surface area contributed by atoms with Gasteiger partial charge in [-0.1, -0.05) is 12.1 Å². The van der Waals surface area contributed by atoms with E-state index in [9.17, 15) is 24.9 Å². The van der Waals surface area contributed by atoms with Crippen LogP contribution in [0.4, 0.5) is 11.4 Å². The first kappa shape index (κ1) is 21.9. The molecule has 2 heterocycles. The molecule has 1 aliphatic heterocycles. The summed E-state index contributed by atoms with van der Waals surface area (Å²) in [7, 11) is 0. The van der Waals surface area contributed by atoms with Gasteiger partial charge in [-0.2, -0.15) is 0 Å². The minimum Gasteiger partial charge on any atom is -0.479 e. The molecule has 11 heteroatoms. The Labute approximate surface area is 181 Å². The summed E-state index contributed by atoms with van der Waals surface area (Å²) in [6.07, 6.45) is -8.03. The van der Waals surface area contributed by atoms with Gasteiger partial charge >= 0.3 is 5.97 Å². The zero-order valence-corrected chi connectivity index (χ0v) is 16.9. The Balaban J connectivity index is 1.54. The summed E-state index contributed by atoms with van der Waals surface area (Å²) in [5.41, 5.74) is 7.91. The Bertz CT molecular complexity index is 1190. The minimum atomic E-state index is -1.76. The maximum absolute atomic E-state index is 11.3. The number of carbonyl (C=O) groups is 2. The van der Waals surface area contributed by atoms with Crippen molar-refractivity contribution in [3.05, 3.63) is 42.5 Å². The molecule has 0 saturated carbocycles. The van der Waals surface area contributed by atoms with Crippen LogP contribution in [0, 0.1) is 0 Å². The quantitative estimate of drug-likeness (QED) is 0.213. The highest BCUT2D eigenvalue weighted by molar-refractivity contribution is 5.97. The molecule has 7 N–H and O–H groups in total. The van der Waals surface area contributed by atoms with E-state index in [1.165, 1.54) is 6.92 Å². The van der Waals surface area contributed by atoms with Crippen molar-refractivity contribution in [2.45, 2.75) is 37.6 Å². The molecule has 1 saturated heterocycles. The van der Waals surface area contributed by atoms with E-state index in [0.29, 0.717) is 22.4 Å². The monoisotopic (exact) mass is 442 g/mol. The van der Waals surface area contributed by atoms with Crippen LogP contribution in [0.3, 0.4) is 0 Å². The summed E-state index contributed by atoms with van der Waals surface area (Å²) >= 11 is 0. The van der Waals surface area contributed by atoms with Gasteiger partial charge in [0.1, 0.15) is 18.3 Å². The first-order valence-corrected chi connectivity index (χ1v) is 9.79. The summed E-state index contributed by atoms with van der Waals surface area (Å²) in [5.74, 6) is -1.65. The van der Waals surface area contributed by atoms with Gasteiger partial charge in [-0.05, 0) is 30.3 Å². The number of aliphatic hydroxyl groups is 3. The van der Waals surface area contributed by atoms with Crippen LogP contribution < -0.4 is 16.2 Å². The second-order valence-electron chi connectivity index (χ2n) is 7.54. The molecular weight excluding hydrogens is 420 g/mol. The van der Waals surface area contributed by atoms with E-state index in [1.54, 1.807) is 24.3 Å². The lowest BCUT2D eigenvalue weighted by atomic mass is 9.98. The van der Waals surface area contributed by atoms with Crippen LogP contribution in [0.1, 0.15) is 6.92 Å². The Morgan fingerprint density at radius 3 is 2.16 bits per heavy atom. The Hall–Kier alpha value is -3.35. The number of carboxylic acids is 1. The van der Waals surface area contributed by atoms with Crippen LogP contribution in [-0.4, -0.2) is 67.9 Å². The fraction of sp³-hybridized carbons (Fsp3) is 0.286. The third-order valence-electron chi connectivity index (χ3n) is 5.15. The number of nitrogens with one attached hydrogen (secondary N) is 3. The number of pyridine rings is 1. The van der Waals surface area contributed by atoms with E-state index in [0.717, 1.165) is 10.8 Å². The van der Waals surface area contributed by atoms with E-state index >= 15 is 0 Å². The average molecular weight is 442 g/mol. The molecule has 4 rings (SSSR count). The van der Waals surface area contributed by atoms with E-state index in [1.807, 2.05) is 18.2 Å². The predicted molar refractivity (Wildman–Crippen MR) is 115 cm³/mol. The van der Waals surface area contributed by atoms with Gasteiger partial charge < -0.3 is 35.9 Å². The molecular formula is C21H22N4O7. The number of fused-ring (bicyclic) bond motifs is 2. The molecule has 3 aromatic rings. The van der Waals surface area contributed by atoms with Gasteiger partial charge in [0.05, 0.1) is 16.7 Å². The number of rotatable bonds is 5. The number of hydrogen-bond acceptors (Lipinski definition) is 9. The molecule has 0 bridgehead atoms. The average Bonchev–Trinajstić information content (AvgIpc) is 2.74. The summed E-state index contributed by atoms with van der Waals surface area (Å²) in [6.45, 7) is 1.42. The van der Waals surface area contributed by atoms with Crippen molar-refractivity contribution < 1.29 is 34.8 Å². The van der Waals surface area contributed by atoms with Crippen LogP contribution >= 0.6 is 0 Å². The van der Waals surface area contributed by atoms with Crippen LogP contribution in [0.15, 0.2) is 42.5 Å². The summed E-state index contributed by atoms with van der Waals surface area (Å²) < 4.78 is 5.17. The molecule has 0 spiro atoms. The van der Waals surface area contributed by atoms with Crippen molar-refractivity contribution in [2.75, 3.05) is 10.7 Å². The van der Waals surface area contributed by atoms with Crippen molar-refractivity contribution in [3.63, 3.8) is 0 Å². The van der Waals surface area contributed by atoms with Gasteiger partial charge in [-0.3, -0.25) is 4.79 Å². The predicted octanol–water partition coefficient (Wildman–Crippen LogP) is 0.155. The number of aliphatic hydroxyl groups excluding tert-OH is 3. The molecule has 1 aromatic heterocycles. The third kappa shape index (κ3) is 4.33. The molecule has 32 heavy (non-hydrogen) atoms. The number of carboxylic acid groups (broad SMARTS) is 1. The Morgan fingerprint density at radius 2 is 1.53 bits per heavy atom. The third-order valence-corrected chi connectivity index (χ3v) is 5.15. The molecule has 5 atom stereocenters. The lowest BCUT2D eigenvalue weighted by molar-refractivity contribution is -0.232. The first-order chi connectivity index (χ1) is 15.2. The molecule has 11 nitrogen and oxygen atoms in total. The number of ether oxygens (including phenoxy) is 1. The van der Waals surface area contributed by atoms with E-state index in [2.05, 4.69) is 21.2 Å². The maximum atomic E-state index is 11.3. The van der Waals surface area contributed by atoms with Crippen molar-refractivity contribution in [2.24, 2.45) is 0 Å². The number of hydrogen-bond donors (Lipinski definition) is 7. The normalized spacial score (nSPS) is 25.6. The molecule has 0 unspecified atom stereocenters. The zero-order valence-electron chi connectivity index (χ0n) is 16.9. The summed E-state index contributed by atoms with van der Waals surface area (Å²) in [4.78, 5) is 27.1. The largest absolute Gasteiger partial charge is 0.479 e. The van der Waals surface area contributed by atoms with E-state index < -0.39 is 36.6 Å². The molecule has 168 valence electrons. The van der Waals surface area contributed by atoms with Gasteiger partial charge in [-0.25, -0.2) is 15.2 Å². The number of hydrazine groups is 1. The second-order valence-corrected chi connectivity index (χ2v) is 7.54. The van der Waals surface area contributed by atoms with Crippen molar-refractivity contribution in [3.8, 4) is 0 Å². The van der Waals surface area contributed by atoms with E-state index in [-0.39, 0.29) is 5.91 Å². The lowest BCUT2D eigenvalue weighted by Crippen LogP contribution is -2.64. The fourth-order valence-corrected chi connectivity index (χ4v) is 3.54. The van der Waals surface area contributed by atoms with Gasteiger partial charge in [0.25, 0.3) is 0 Å². The molecule has 1 aliphatic rings. The topological polar surface area (TPSA) is 173 Å². The molecule has 1 amide bonds. The van der Waals surface area contributed by atoms with Crippen molar-refractivity contribution >= 4 is 45.1 Å². The molecule has 0 aliphatic carbocycles. The van der Waals surface area contributed by atoms with Gasteiger partial charge in [0.2, 0.25) is 5.91 Å². The maximum Gasteiger partial charge on any atom is 0.335 e. The molecule has 2 aromatic carbocycles. The van der Waals surface area contributed by atoms with Crippen LogP contribution in [-0.2, 0) is 14.3 Å². The number of anilines is 2. The summed E-state index contributed by atoms with van der Waals surface area (Å²) in [6, 6.07) is 12.7. The smallest absolute Gasteiger partial charge is 0.335 e. The molecule has 0 radical (unpaired) electrons. The number of aromatic nitrogens is 1. The highest BCUT2D eigenvalue weighted by Gasteiger charge is 2.46. The van der Waals surface area contributed by atoms with Crippen molar-refractivity contribution in [1.82, 2.24) is 10.4 Å². The lowest BCUT2D eigenvalue weighted by Gasteiger charge is -2.39. The highest BCUT2D eigenvalue weighted by Crippen LogP contribution is 2.25. The second kappa shape index (κ2) is 8.65. The number of benzene rings is 2. The molecule has 1 fully saturated rings. The number of aliphatic carboxylic acids is 1. The van der Waals surface area contributed by atoms with Gasteiger partial charge in [-0.15, -0.1) is 0 Å². The first-order valence-electron chi connectivity index (χ1n) is 9.79. The fourth-order valence-electron chi connectivity index (χ4n) is 3.54. The summed E-state index contributed by atoms with van der Waals surface area (Å²) in [5, 5.41) is 43.4. The zero-order chi connectivity index (χ0) is 23.0. The SMILES string of the molecule is CC(=O)Nc1ccc2cc3ccc(NN[C@@H]4O[C@H](C(=O)O)[C@@H](O)[C@H](O)[C@H]4O)cc3nc2c1. The Morgan fingerprint density at radius 1 is 0.906 bits per heavy atom. The number of nitrogens with zero attached hydrogens (tertiary/aromatic N) is 1. The van der Waals surface area contributed by atoms with E-state index in [4.69, 9.17) is 9.84 Å². The number of carbonyl (C=O) groups excluding carboxylic acids is 1. The van der Waals surface area contributed by atoms with Crippen LogP contribution in [0.2, 0.25) is 0 Å². The highest BCUT2D eigenvalue weighted by atomic mass is 16.6. The minimum absolute atomic E-state index is 0.183. The number of amides is 1. The standard InChI is InChI=1S/C21H22N4O7/c1-9(26)22-12-4-2-10-6-11-3-5-13(8-15(11)23-14(10)7-12)24-25-20-18(29)16(27)17(28)19(32-20)21(30)31/h2-8,16-20,24-25,27-29H,1H3,(H,22,26)(H,30,31)/t16-,17-,18+,19-,20+/m0/s1. The van der Waals surface area contributed by atoms with Gasteiger partial charge in [0, 0.05) is 23.4 Å². The van der Waals surface area contributed by atoms with Gasteiger partial charge in [0.15, 0.2) is 12.3 Å². The van der Waals surface area contributed by atoms with Crippen LogP contribution in [0.25, 0.3) is 21.8 Å². The van der Waals surface area contributed by atoms with Crippen molar-refractivity contribution in [1.29, 1.82) is 0 Å². The van der Waals surface area contributed by atoms with Crippen LogP contribution in [0.5, 0.6) is 0 Å². The Kier molecular flexibility index (Phi) is 5.91.